The lowest BCUT2D eigenvalue weighted by Gasteiger charge is -2.16. The molecule has 0 unspecified atom stereocenters. The third-order valence-electron chi connectivity index (χ3n) is 2.28. The Hall–Kier alpha value is -2.30. The summed E-state index contributed by atoms with van der Waals surface area (Å²) < 4.78 is 0. The minimum absolute atomic E-state index is 0.0633. The van der Waals surface area contributed by atoms with E-state index in [0.717, 1.165) is 0 Å². The quantitative estimate of drug-likeness (QED) is 0.783. The number of benzene rings is 1. The van der Waals surface area contributed by atoms with E-state index in [-0.39, 0.29) is 12.5 Å². The van der Waals surface area contributed by atoms with Crippen molar-refractivity contribution in [3.8, 4) is 0 Å². The largest absolute Gasteiger partial charge is 0.481 e. The molecule has 5 heteroatoms. The lowest BCUT2D eigenvalue weighted by Crippen LogP contribution is -2.31. The van der Waals surface area contributed by atoms with E-state index in [0.29, 0.717) is 17.8 Å². The van der Waals surface area contributed by atoms with Crippen molar-refractivity contribution < 1.29 is 14.7 Å². The van der Waals surface area contributed by atoms with Gasteiger partial charge in [-0.05, 0) is 17.7 Å². The van der Waals surface area contributed by atoms with Gasteiger partial charge in [-0.3, -0.25) is 4.79 Å². The molecule has 2 N–H and O–H groups in total. The van der Waals surface area contributed by atoms with Crippen molar-refractivity contribution in [3.05, 3.63) is 42.5 Å². The Balaban J connectivity index is 2.69. The van der Waals surface area contributed by atoms with Gasteiger partial charge >= 0.3 is 12.0 Å². The first kappa shape index (κ1) is 13.8. The molecule has 18 heavy (non-hydrogen) atoms. The number of likely N-dealkylation sites (N-methyl/N-ethyl adjacent to an activating group) is 1. The van der Waals surface area contributed by atoms with Crippen LogP contribution in [0.25, 0.3) is 0 Å². The number of aliphatic carboxylic acids is 1. The third kappa shape index (κ3) is 4.29. The summed E-state index contributed by atoms with van der Waals surface area (Å²) in [5, 5.41) is 11.4. The fourth-order valence-corrected chi connectivity index (χ4v) is 1.43. The Bertz CT molecular complexity index is 457. The standard InChI is InChI=1S/C13H16N2O3/c1-3-7-15(2)13(18)14-11-6-4-5-10(8-11)9-12(16)17/h3-6,8H,1,7,9H2,2H3,(H,14,18)(H,16,17). The van der Waals surface area contributed by atoms with E-state index >= 15 is 0 Å². The molecule has 0 radical (unpaired) electrons. The Labute approximate surface area is 106 Å². The van der Waals surface area contributed by atoms with Crippen molar-refractivity contribution in [1.82, 2.24) is 4.90 Å². The van der Waals surface area contributed by atoms with Crippen LogP contribution >= 0.6 is 0 Å². The Morgan fingerprint density at radius 3 is 2.83 bits per heavy atom. The van der Waals surface area contributed by atoms with Crippen molar-refractivity contribution in [3.63, 3.8) is 0 Å². The van der Waals surface area contributed by atoms with Crippen LogP contribution in [0.3, 0.4) is 0 Å². The number of carbonyl (C=O) groups excluding carboxylic acids is 1. The molecular weight excluding hydrogens is 232 g/mol. The lowest BCUT2D eigenvalue weighted by atomic mass is 10.1. The molecular formula is C13H16N2O3. The number of nitrogens with zero attached hydrogens (tertiary/aromatic N) is 1. The zero-order valence-electron chi connectivity index (χ0n) is 10.2. The van der Waals surface area contributed by atoms with Crippen molar-refractivity contribution in [2.45, 2.75) is 6.42 Å². The number of rotatable bonds is 5. The highest BCUT2D eigenvalue weighted by Gasteiger charge is 2.07. The van der Waals surface area contributed by atoms with E-state index in [1.54, 1.807) is 37.4 Å². The van der Waals surface area contributed by atoms with E-state index in [2.05, 4.69) is 11.9 Å². The Morgan fingerprint density at radius 2 is 2.22 bits per heavy atom. The summed E-state index contributed by atoms with van der Waals surface area (Å²) in [5.41, 5.74) is 1.22. The SMILES string of the molecule is C=CCN(C)C(=O)Nc1cccc(CC(=O)O)c1. The van der Waals surface area contributed by atoms with Gasteiger partial charge in [-0.1, -0.05) is 18.2 Å². The normalized spacial score (nSPS) is 9.61. The van der Waals surface area contributed by atoms with Crippen LogP contribution in [0.4, 0.5) is 10.5 Å². The number of amides is 2. The van der Waals surface area contributed by atoms with Gasteiger partial charge < -0.3 is 15.3 Å². The maximum atomic E-state index is 11.7. The molecule has 2 amide bonds. The predicted octanol–water partition coefficient (Wildman–Crippen LogP) is 1.96. The number of carboxylic acids is 1. The van der Waals surface area contributed by atoms with E-state index in [9.17, 15) is 9.59 Å². The fourth-order valence-electron chi connectivity index (χ4n) is 1.43. The smallest absolute Gasteiger partial charge is 0.321 e. The highest BCUT2D eigenvalue weighted by Crippen LogP contribution is 2.11. The second kappa shape index (κ2) is 6.44. The van der Waals surface area contributed by atoms with Gasteiger partial charge in [-0.25, -0.2) is 4.79 Å². The van der Waals surface area contributed by atoms with Gasteiger partial charge in [0.2, 0.25) is 0 Å². The average molecular weight is 248 g/mol. The Kier molecular flexibility index (Phi) is 4.92. The summed E-state index contributed by atoms with van der Waals surface area (Å²) >= 11 is 0. The molecule has 0 aromatic heterocycles. The van der Waals surface area contributed by atoms with Crippen LogP contribution in [0, 0.1) is 0 Å². The van der Waals surface area contributed by atoms with Crippen LogP contribution in [-0.4, -0.2) is 35.6 Å². The summed E-state index contributed by atoms with van der Waals surface area (Å²) in [6, 6.07) is 6.51. The molecule has 0 aliphatic carbocycles. The molecule has 0 atom stereocenters. The van der Waals surface area contributed by atoms with Crippen molar-refractivity contribution in [1.29, 1.82) is 0 Å². The van der Waals surface area contributed by atoms with Crippen LogP contribution in [-0.2, 0) is 11.2 Å². The first-order valence-corrected chi connectivity index (χ1v) is 5.46. The highest BCUT2D eigenvalue weighted by molar-refractivity contribution is 5.89. The number of nitrogens with one attached hydrogen (secondary N) is 1. The molecule has 96 valence electrons. The second-order valence-corrected chi connectivity index (χ2v) is 3.87. The molecule has 1 aromatic carbocycles. The van der Waals surface area contributed by atoms with Gasteiger partial charge in [0.05, 0.1) is 6.42 Å². The highest BCUT2D eigenvalue weighted by atomic mass is 16.4. The number of hydrogen-bond donors (Lipinski definition) is 2. The number of urea groups is 1. The van der Waals surface area contributed by atoms with Gasteiger partial charge in [-0.15, -0.1) is 6.58 Å². The molecule has 0 fully saturated rings. The number of carboxylic acid groups (broad SMARTS) is 1. The summed E-state index contributed by atoms with van der Waals surface area (Å²) in [4.78, 5) is 23.7. The molecule has 1 rings (SSSR count). The minimum atomic E-state index is -0.901. The van der Waals surface area contributed by atoms with Gasteiger partial charge in [0.15, 0.2) is 0 Å². The molecule has 1 aromatic rings. The van der Waals surface area contributed by atoms with E-state index in [4.69, 9.17) is 5.11 Å². The van der Waals surface area contributed by atoms with Crippen LogP contribution in [0.1, 0.15) is 5.56 Å². The first-order valence-electron chi connectivity index (χ1n) is 5.46. The predicted molar refractivity (Wildman–Crippen MR) is 69.6 cm³/mol. The van der Waals surface area contributed by atoms with E-state index in [1.165, 1.54) is 4.90 Å². The van der Waals surface area contributed by atoms with Gasteiger partial charge in [0, 0.05) is 19.3 Å². The summed E-state index contributed by atoms with van der Waals surface area (Å²) in [6.45, 7) is 4.00. The topological polar surface area (TPSA) is 69.6 Å². The molecule has 0 bridgehead atoms. The van der Waals surface area contributed by atoms with Crippen molar-refractivity contribution >= 4 is 17.7 Å². The van der Waals surface area contributed by atoms with Crippen LogP contribution < -0.4 is 5.32 Å². The maximum absolute atomic E-state index is 11.7. The molecule has 5 nitrogen and oxygen atoms in total. The van der Waals surface area contributed by atoms with Gasteiger partial charge in [-0.2, -0.15) is 0 Å². The monoisotopic (exact) mass is 248 g/mol. The van der Waals surface area contributed by atoms with E-state index < -0.39 is 5.97 Å². The average Bonchev–Trinajstić information content (AvgIpc) is 2.28. The van der Waals surface area contributed by atoms with Crippen molar-refractivity contribution in [2.75, 3.05) is 18.9 Å². The number of hydrogen-bond acceptors (Lipinski definition) is 2. The molecule has 0 saturated heterocycles. The molecule has 0 aliphatic rings. The molecule has 0 saturated carbocycles. The van der Waals surface area contributed by atoms with Crippen LogP contribution in [0.2, 0.25) is 0 Å². The molecule has 0 aliphatic heterocycles. The zero-order valence-corrected chi connectivity index (χ0v) is 10.2. The number of carbonyl (C=O) groups is 2. The summed E-state index contributed by atoms with van der Waals surface area (Å²) in [6.07, 6.45) is 1.56. The lowest BCUT2D eigenvalue weighted by molar-refractivity contribution is -0.136. The second-order valence-electron chi connectivity index (χ2n) is 3.87. The van der Waals surface area contributed by atoms with E-state index in [1.807, 2.05) is 0 Å². The molecule has 0 heterocycles. The Morgan fingerprint density at radius 1 is 1.50 bits per heavy atom. The molecule has 0 spiro atoms. The summed E-state index contributed by atoms with van der Waals surface area (Å²) in [7, 11) is 1.65. The zero-order chi connectivity index (χ0) is 13.5. The maximum Gasteiger partial charge on any atom is 0.321 e. The first-order chi connectivity index (χ1) is 8.52. The summed E-state index contributed by atoms with van der Waals surface area (Å²) in [5.74, 6) is -0.901. The number of anilines is 1. The van der Waals surface area contributed by atoms with Crippen LogP contribution in [0.5, 0.6) is 0 Å². The van der Waals surface area contributed by atoms with Gasteiger partial charge in [0.1, 0.15) is 0 Å². The minimum Gasteiger partial charge on any atom is -0.481 e. The van der Waals surface area contributed by atoms with Gasteiger partial charge in [0.25, 0.3) is 0 Å². The fraction of sp³-hybridized carbons (Fsp3) is 0.231. The third-order valence-corrected chi connectivity index (χ3v) is 2.28. The van der Waals surface area contributed by atoms with Crippen LogP contribution in [0.15, 0.2) is 36.9 Å². The van der Waals surface area contributed by atoms with Crippen molar-refractivity contribution in [2.24, 2.45) is 0 Å².